The highest BCUT2D eigenvalue weighted by Gasteiger charge is 2.14. The Morgan fingerprint density at radius 2 is 2.24 bits per heavy atom. The lowest BCUT2D eigenvalue weighted by Gasteiger charge is -1.96. The summed E-state index contributed by atoms with van der Waals surface area (Å²) in [5, 5.41) is 9.26. The van der Waals surface area contributed by atoms with Crippen molar-refractivity contribution in [3.8, 4) is 0 Å². The molecule has 0 aliphatic rings. The quantitative estimate of drug-likeness (QED) is 0.810. The molecule has 6 nitrogen and oxygen atoms in total. The van der Waals surface area contributed by atoms with Gasteiger partial charge in [-0.1, -0.05) is 11.3 Å². The fraction of sp³-hybridized carbons (Fsp3) is 0.200. The van der Waals surface area contributed by atoms with Gasteiger partial charge >= 0.3 is 0 Å². The van der Waals surface area contributed by atoms with Gasteiger partial charge in [-0.25, -0.2) is 4.98 Å². The second kappa shape index (κ2) is 4.46. The summed E-state index contributed by atoms with van der Waals surface area (Å²) in [7, 11) is 0. The van der Waals surface area contributed by atoms with E-state index in [1.54, 1.807) is 6.92 Å². The van der Waals surface area contributed by atoms with Crippen LogP contribution in [0.3, 0.4) is 0 Å². The minimum atomic E-state index is -0.303. The maximum Gasteiger partial charge on any atom is 0.260 e. The van der Waals surface area contributed by atoms with Crippen LogP contribution in [0, 0.1) is 6.92 Å². The molecule has 2 aromatic heterocycles. The third-order valence-electron chi connectivity index (χ3n) is 2.10. The van der Waals surface area contributed by atoms with Crippen molar-refractivity contribution in [2.24, 2.45) is 0 Å². The van der Waals surface area contributed by atoms with E-state index in [9.17, 15) is 9.59 Å². The van der Waals surface area contributed by atoms with Crippen LogP contribution in [0.5, 0.6) is 0 Å². The number of ketones is 1. The number of nitrogens with zero attached hydrogens (tertiary/aromatic N) is 2. The lowest BCUT2D eigenvalue weighted by atomic mass is 10.3. The molecule has 2 heterocycles. The molecule has 0 aliphatic carbocycles. The highest BCUT2D eigenvalue weighted by Crippen LogP contribution is 2.23. The molecular formula is C10H10N4O2S. The second-order valence-electron chi connectivity index (χ2n) is 3.43. The van der Waals surface area contributed by atoms with Gasteiger partial charge < -0.3 is 0 Å². The third-order valence-corrected chi connectivity index (χ3v) is 3.27. The lowest BCUT2D eigenvalue weighted by molar-refractivity contribution is 0.101. The molecule has 17 heavy (non-hydrogen) atoms. The van der Waals surface area contributed by atoms with E-state index in [1.807, 2.05) is 0 Å². The summed E-state index contributed by atoms with van der Waals surface area (Å²) in [6.07, 6.45) is 2.91. The first-order valence-corrected chi connectivity index (χ1v) is 5.68. The lowest BCUT2D eigenvalue weighted by Crippen LogP contribution is -2.10. The van der Waals surface area contributed by atoms with E-state index in [0.717, 1.165) is 0 Å². The Labute approximate surface area is 101 Å². The van der Waals surface area contributed by atoms with Crippen molar-refractivity contribution in [3.63, 3.8) is 0 Å². The summed E-state index contributed by atoms with van der Waals surface area (Å²) < 4.78 is 0. The van der Waals surface area contributed by atoms with Crippen molar-refractivity contribution in [1.29, 1.82) is 0 Å². The van der Waals surface area contributed by atoms with E-state index in [-0.39, 0.29) is 11.7 Å². The fourth-order valence-electron chi connectivity index (χ4n) is 1.32. The van der Waals surface area contributed by atoms with Crippen LogP contribution in [0.25, 0.3) is 0 Å². The monoisotopic (exact) mass is 250 g/mol. The molecule has 0 bridgehead atoms. The number of anilines is 1. The minimum Gasteiger partial charge on any atom is -0.298 e. The normalized spacial score (nSPS) is 10.2. The van der Waals surface area contributed by atoms with Gasteiger partial charge in [-0.15, -0.1) is 0 Å². The number of H-pyrrole nitrogens is 1. The number of rotatable bonds is 3. The van der Waals surface area contributed by atoms with Crippen molar-refractivity contribution in [2.75, 3.05) is 5.32 Å². The summed E-state index contributed by atoms with van der Waals surface area (Å²) in [5.41, 5.74) is 1.05. The molecule has 0 saturated carbocycles. The number of carbonyl (C=O) groups excluding carboxylic acids is 2. The molecule has 7 heteroatoms. The standard InChI is InChI=1S/C10H10N4O2S/c1-5-8(6(2)15)17-10(13-5)14-9(16)7-3-11-12-4-7/h3-4H,1-2H3,(H,11,12)(H,13,14,16). The van der Waals surface area contributed by atoms with E-state index >= 15 is 0 Å². The van der Waals surface area contributed by atoms with E-state index < -0.39 is 0 Å². The average Bonchev–Trinajstić information content (AvgIpc) is 2.86. The molecule has 2 N–H and O–H groups in total. The summed E-state index contributed by atoms with van der Waals surface area (Å²) >= 11 is 1.17. The van der Waals surface area contributed by atoms with Gasteiger partial charge in [0.1, 0.15) is 0 Å². The number of amides is 1. The Bertz CT molecular complexity index is 559. The Morgan fingerprint density at radius 1 is 1.47 bits per heavy atom. The third kappa shape index (κ3) is 2.39. The molecule has 1 amide bonds. The Balaban J connectivity index is 2.17. The predicted octanol–water partition coefficient (Wildman–Crippen LogP) is 1.63. The maximum absolute atomic E-state index is 11.7. The highest BCUT2D eigenvalue weighted by molar-refractivity contribution is 7.17. The molecule has 0 aliphatic heterocycles. The molecule has 0 radical (unpaired) electrons. The van der Waals surface area contributed by atoms with Crippen molar-refractivity contribution < 1.29 is 9.59 Å². The van der Waals surface area contributed by atoms with Crippen LogP contribution in [0.15, 0.2) is 12.4 Å². The van der Waals surface area contributed by atoms with Gasteiger partial charge in [0.15, 0.2) is 10.9 Å². The number of carbonyl (C=O) groups is 2. The number of hydrogen-bond acceptors (Lipinski definition) is 5. The minimum absolute atomic E-state index is 0.0520. The number of hydrogen-bond donors (Lipinski definition) is 2. The van der Waals surface area contributed by atoms with Crippen LogP contribution < -0.4 is 5.32 Å². The maximum atomic E-state index is 11.7. The van der Waals surface area contributed by atoms with Crippen LogP contribution in [0.4, 0.5) is 5.13 Å². The highest BCUT2D eigenvalue weighted by atomic mass is 32.1. The van der Waals surface area contributed by atoms with Gasteiger partial charge in [0.25, 0.3) is 5.91 Å². The average molecular weight is 250 g/mol. The van der Waals surface area contributed by atoms with E-state index in [1.165, 1.54) is 30.7 Å². The Kier molecular flexibility index (Phi) is 3.01. The molecule has 0 unspecified atom stereocenters. The molecule has 2 rings (SSSR count). The first-order valence-electron chi connectivity index (χ1n) is 4.86. The molecule has 88 valence electrons. The zero-order chi connectivity index (χ0) is 12.4. The Morgan fingerprint density at radius 3 is 2.76 bits per heavy atom. The second-order valence-corrected chi connectivity index (χ2v) is 4.43. The zero-order valence-electron chi connectivity index (χ0n) is 9.27. The van der Waals surface area contributed by atoms with Crippen LogP contribution in [-0.2, 0) is 0 Å². The molecule has 0 fully saturated rings. The van der Waals surface area contributed by atoms with Crippen LogP contribution in [0.1, 0.15) is 32.6 Å². The van der Waals surface area contributed by atoms with Crippen LogP contribution in [-0.4, -0.2) is 26.9 Å². The molecule has 0 saturated heterocycles. The zero-order valence-corrected chi connectivity index (χ0v) is 10.1. The van der Waals surface area contributed by atoms with Crippen molar-refractivity contribution >= 4 is 28.2 Å². The predicted molar refractivity (Wildman–Crippen MR) is 63.4 cm³/mol. The van der Waals surface area contributed by atoms with Crippen molar-refractivity contribution in [3.05, 3.63) is 28.5 Å². The van der Waals surface area contributed by atoms with Gasteiger partial charge in [0.05, 0.1) is 22.3 Å². The first-order chi connectivity index (χ1) is 8.08. The van der Waals surface area contributed by atoms with Crippen molar-refractivity contribution in [2.45, 2.75) is 13.8 Å². The molecular weight excluding hydrogens is 240 g/mol. The van der Waals surface area contributed by atoms with Gasteiger partial charge in [-0.3, -0.25) is 20.0 Å². The molecule has 0 aromatic carbocycles. The Hall–Kier alpha value is -2.02. The number of Topliss-reactive ketones (excluding diaryl/α,β-unsaturated/α-hetero) is 1. The van der Waals surface area contributed by atoms with E-state index in [4.69, 9.17) is 0 Å². The van der Waals surface area contributed by atoms with Crippen LogP contribution >= 0.6 is 11.3 Å². The number of aromatic nitrogens is 3. The van der Waals surface area contributed by atoms with E-state index in [2.05, 4.69) is 20.5 Å². The molecule has 0 spiro atoms. The van der Waals surface area contributed by atoms with Gasteiger partial charge in [0.2, 0.25) is 0 Å². The van der Waals surface area contributed by atoms with Crippen molar-refractivity contribution in [1.82, 2.24) is 15.2 Å². The number of nitrogens with one attached hydrogen (secondary N) is 2. The van der Waals surface area contributed by atoms with Gasteiger partial charge in [0, 0.05) is 13.1 Å². The number of thiazole rings is 1. The fourth-order valence-corrected chi connectivity index (χ4v) is 2.18. The smallest absolute Gasteiger partial charge is 0.260 e. The largest absolute Gasteiger partial charge is 0.298 e. The first kappa shape index (κ1) is 11.5. The SMILES string of the molecule is CC(=O)c1sc(NC(=O)c2cn[nH]c2)nc1C. The topological polar surface area (TPSA) is 87.7 Å². The summed E-state index contributed by atoms with van der Waals surface area (Å²) in [6.45, 7) is 3.21. The van der Waals surface area contributed by atoms with Gasteiger partial charge in [-0.05, 0) is 6.92 Å². The van der Waals surface area contributed by atoms with E-state index in [0.29, 0.717) is 21.3 Å². The summed E-state index contributed by atoms with van der Waals surface area (Å²) in [5.74, 6) is -0.355. The number of aryl methyl sites for hydroxylation is 1. The molecule has 2 aromatic rings. The van der Waals surface area contributed by atoms with Crippen LogP contribution in [0.2, 0.25) is 0 Å². The summed E-state index contributed by atoms with van der Waals surface area (Å²) in [4.78, 5) is 27.6. The number of aromatic amines is 1. The summed E-state index contributed by atoms with van der Waals surface area (Å²) in [6, 6.07) is 0. The molecule has 0 atom stereocenters. The van der Waals surface area contributed by atoms with Gasteiger partial charge in [-0.2, -0.15) is 5.10 Å².